The molecule has 16 heavy (non-hydrogen) atoms. The van der Waals surface area contributed by atoms with Gasteiger partial charge in [0.15, 0.2) is 0 Å². The molecular weight excluding hydrogens is 228 g/mol. The highest BCUT2D eigenvalue weighted by molar-refractivity contribution is 6.25. The van der Waals surface area contributed by atoms with Crippen LogP contribution in [0.3, 0.4) is 0 Å². The highest BCUT2D eigenvalue weighted by Crippen LogP contribution is 2.36. The monoisotopic (exact) mass is 244 g/mol. The van der Waals surface area contributed by atoms with Gasteiger partial charge in [0.1, 0.15) is 5.00 Å². The molecule has 90 valence electrons. The Kier molecular flexibility index (Phi) is 3.65. The molecule has 0 spiro atoms. The van der Waals surface area contributed by atoms with Crippen molar-refractivity contribution in [2.45, 2.75) is 25.3 Å². The van der Waals surface area contributed by atoms with E-state index in [4.69, 9.17) is 28.2 Å². The highest BCUT2D eigenvalue weighted by atomic mass is 35.5. The quantitative estimate of drug-likeness (QED) is 0.517. The van der Waals surface area contributed by atoms with Crippen LogP contribution in [-0.2, 0) is 4.79 Å². The van der Waals surface area contributed by atoms with Crippen LogP contribution in [0.25, 0.3) is 0 Å². The normalized spacial score (nSPS) is 29.9. The van der Waals surface area contributed by atoms with E-state index in [2.05, 4.69) is 0 Å². The topological polar surface area (TPSA) is 89.3 Å². The summed E-state index contributed by atoms with van der Waals surface area (Å²) < 4.78 is 0. The maximum absolute atomic E-state index is 10.9. The molecule has 5 heteroatoms. The number of carboxylic acids is 1. The molecule has 2 atom stereocenters. The summed E-state index contributed by atoms with van der Waals surface area (Å²) in [4.78, 5) is 9.84. The molecule has 0 amide bonds. The summed E-state index contributed by atoms with van der Waals surface area (Å²) in [5.74, 6) is -1.05. The Hall–Kier alpha value is -1.00. The third kappa shape index (κ3) is 2.57. The summed E-state index contributed by atoms with van der Waals surface area (Å²) in [6.45, 7) is 4.03. The third-order valence-corrected chi connectivity index (χ3v) is 3.05. The molecule has 0 aromatic heterocycles. The van der Waals surface area contributed by atoms with Crippen LogP contribution in [0.5, 0.6) is 0 Å². The molecule has 5 N–H and O–H groups in total. The van der Waals surface area contributed by atoms with E-state index in [0.717, 1.165) is 0 Å². The molecule has 0 fully saturated rings. The molecule has 4 nitrogen and oxygen atoms in total. The lowest BCUT2D eigenvalue weighted by Crippen LogP contribution is -2.45. The van der Waals surface area contributed by atoms with Crippen molar-refractivity contribution in [3.63, 3.8) is 0 Å². The van der Waals surface area contributed by atoms with Gasteiger partial charge in [0.05, 0.1) is 5.57 Å². The van der Waals surface area contributed by atoms with Gasteiger partial charge < -0.3 is 16.6 Å². The second kappa shape index (κ2) is 4.47. The van der Waals surface area contributed by atoms with E-state index in [1.807, 2.05) is 13.8 Å². The van der Waals surface area contributed by atoms with Gasteiger partial charge in [-0.05, 0) is 24.5 Å². The summed E-state index contributed by atoms with van der Waals surface area (Å²) in [5, 5.41) is 8.96. The maximum Gasteiger partial charge on any atom is 0.337 e. The summed E-state index contributed by atoms with van der Waals surface area (Å²) in [5.41, 5.74) is 12.1. The van der Waals surface area contributed by atoms with Crippen molar-refractivity contribution in [1.82, 2.24) is 0 Å². The number of nitrogens with two attached hydrogens (primary N) is 2. The zero-order valence-electron chi connectivity index (χ0n) is 9.40. The van der Waals surface area contributed by atoms with Crippen molar-refractivity contribution < 1.29 is 9.90 Å². The zero-order valence-corrected chi connectivity index (χ0v) is 10.2. The first-order chi connectivity index (χ1) is 7.25. The smallest absolute Gasteiger partial charge is 0.337 e. The summed E-state index contributed by atoms with van der Waals surface area (Å²) >= 11 is 6.13. The lowest BCUT2D eigenvalue weighted by molar-refractivity contribution is -0.132. The number of hydrogen-bond acceptors (Lipinski definition) is 3. The van der Waals surface area contributed by atoms with Gasteiger partial charge in [-0.25, -0.2) is 4.79 Å². The average Bonchev–Trinajstić information content (AvgIpc) is 2.11. The van der Waals surface area contributed by atoms with Crippen molar-refractivity contribution in [2.24, 2.45) is 23.3 Å². The molecule has 0 saturated heterocycles. The molecule has 0 saturated carbocycles. The van der Waals surface area contributed by atoms with Gasteiger partial charge >= 0.3 is 5.97 Å². The van der Waals surface area contributed by atoms with Crippen LogP contribution in [0.2, 0.25) is 0 Å². The first-order valence-corrected chi connectivity index (χ1v) is 5.53. The molecule has 0 bridgehead atoms. The van der Waals surface area contributed by atoms with Crippen LogP contribution in [0.15, 0.2) is 23.4 Å². The molecule has 0 heterocycles. The van der Waals surface area contributed by atoms with Gasteiger partial charge in [-0.15, -0.1) is 0 Å². The van der Waals surface area contributed by atoms with Gasteiger partial charge in [-0.1, -0.05) is 25.4 Å². The third-order valence-electron chi connectivity index (χ3n) is 2.66. The molecule has 0 aromatic rings. The lowest BCUT2D eigenvalue weighted by atomic mass is 9.82. The van der Waals surface area contributed by atoms with Gasteiger partial charge in [-0.2, -0.15) is 0 Å². The van der Waals surface area contributed by atoms with Crippen LogP contribution >= 0.6 is 11.6 Å². The zero-order chi connectivity index (χ0) is 12.5. The van der Waals surface area contributed by atoms with Crippen LogP contribution in [0, 0.1) is 11.8 Å². The van der Waals surface area contributed by atoms with Crippen LogP contribution in [-0.4, -0.2) is 16.1 Å². The Morgan fingerprint density at radius 1 is 1.69 bits per heavy atom. The van der Waals surface area contributed by atoms with Crippen molar-refractivity contribution in [2.75, 3.05) is 0 Å². The summed E-state index contributed by atoms with van der Waals surface area (Å²) in [6.07, 6.45) is 3.54. The number of alkyl halides is 1. The van der Waals surface area contributed by atoms with E-state index in [9.17, 15) is 4.79 Å². The molecule has 2 unspecified atom stereocenters. The van der Waals surface area contributed by atoms with Crippen molar-refractivity contribution in [1.29, 1.82) is 0 Å². The first-order valence-electron chi connectivity index (χ1n) is 5.15. The minimum absolute atomic E-state index is 0.0902. The second-order valence-corrected chi connectivity index (χ2v) is 5.17. The predicted molar refractivity (Wildman–Crippen MR) is 63.7 cm³/mol. The molecule has 0 aliphatic heterocycles. The number of halogens is 1. The molecule has 1 aliphatic carbocycles. The lowest BCUT2D eigenvalue weighted by Gasteiger charge is -2.34. The summed E-state index contributed by atoms with van der Waals surface area (Å²) in [7, 11) is 0. The van der Waals surface area contributed by atoms with E-state index in [0.29, 0.717) is 12.3 Å². The molecule has 1 aliphatic rings. The Labute approximate surface area is 99.9 Å². The van der Waals surface area contributed by atoms with Crippen LogP contribution in [0.1, 0.15) is 20.3 Å². The van der Waals surface area contributed by atoms with Gasteiger partial charge in [-0.3, -0.25) is 0 Å². The molecular formula is C11H17ClN2O2. The highest BCUT2D eigenvalue weighted by Gasteiger charge is 2.37. The van der Waals surface area contributed by atoms with Crippen LogP contribution < -0.4 is 11.5 Å². The number of rotatable bonds is 3. The minimum Gasteiger partial charge on any atom is -0.478 e. The largest absolute Gasteiger partial charge is 0.478 e. The van der Waals surface area contributed by atoms with E-state index in [1.165, 1.54) is 12.2 Å². The van der Waals surface area contributed by atoms with E-state index >= 15 is 0 Å². The maximum atomic E-state index is 10.9. The van der Waals surface area contributed by atoms with Crippen LogP contribution in [0.4, 0.5) is 0 Å². The molecule has 1 rings (SSSR count). The summed E-state index contributed by atoms with van der Waals surface area (Å²) in [6, 6.07) is 0. The number of carboxylic acid groups (broad SMARTS) is 1. The van der Waals surface area contributed by atoms with Crippen molar-refractivity contribution in [3.05, 3.63) is 23.4 Å². The van der Waals surface area contributed by atoms with E-state index < -0.39 is 11.0 Å². The SMILES string of the molecule is CC(C)CC1C(N)=C(C(=O)O)C=CC1(N)Cl. The number of aliphatic carboxylic acids is 1. The van der Waals surface area contributed by atoms with Crippen molar-refractivity contribution in [3.8, 4) is 0 Å². The fourth-order valence-electron chi connectivity index (χ4n) is 1.82. The Morgan fingerprint density at radius 3 is 2.69 bits per heavy atom. The first kappa shape index (κ1) is 13.1. The Bertz CT molecular complexity index is 359. The van der Waals surface area contributed by atoms with Gasteiger partial charge in [0, 0.05) is 11.6 Å². The number of hydrogen-bond donors (Lipinski definition) is 3. The van der Waals surface area contributed by atoms with E-state index in [1.54, 1.807) is 0 Å². The average molecular weight is 245 g/mol. The fraction of sp³-hybridized carbons (Fsp3) is 0.545. The van der Waals surface area contributed by atoms with Gasteiger partial charge in [0.2, 0.25) is 0 Å². The van der Waals surface area contributed by atoms with E-state index in [-0.39, 0.29) is 17.2 Å². The molecule has 0 aromatic carbocycles. The van der Waals surface area contributed by atoms with Gasteiger partial charge in [0.25, 0.3) is 0 Å². The predicted octanol–water partition coefficient (Wildman–Crippen LogP) is 1.41. The minimum atomic E-state index is -1.09. The standard InChI is InChI=1S/C11H17ClN2O2/c1-6(2)5-8-9(13)7(10(15)16)3-4-11(8,12)14/h3-4,6,8H,5,13-14H2,1-2H3,(H,15,16). The second-order valence-electron chi connectivity index (χ2n) is 4.52. The molecule has 0 radical (unpaired) electrons. The Morgan fingerprint density at radius 2 is 2.25 bits per heavy atom. The Balaban J connectivity index is 3.10. The number of carbonyl (C=O) groups is 1. The fourth-order valence-corrected chi connectivity index (χ4v) is 2.09. The van der Waals surface area contributed by atoms with Crippen molar-refractivity contribution >= 4 is 17.6 Å².